The number of piperazine rings is 1. The fourth-order valence-corrected chi connectivity index (χ4v) is 5.19. The van der Waals surface area contributed by atoms with E-state index in [1.807, 2.05) is 12.3 Å². The lowest BCUT2D eigenvalue weighted by molar-refractivity contribution is 0.311. The molecule has 1 N–H and O–H groups in total. The molecule has 37 heavy (non-hydrogen) atoms. The minimum absolute atomic E-state index is 0.732. The molecule has 2 aliphatic heterocycles. The van der Waals surface area contributed by atoms with Gasteiger partial charge < -0.3 is 19.3 Å². The van der Waals surface area contributed by atoms with Crippen LogP contribution in [0.4, 0.5) is 17.6 Å². The van der Waals surface area contributed by atoms with Crippen LogP contribution in [0.25, 0.3) is 10.9 Å². The van der Waals surface area contributed by atoms with Gasteiger partial charge in [-0.15, -0.1) is 0 Å². The quantitative estimate of drug-likeness (QED) is 0.306. The molecule has 4 heterocycles. The Kier molecular flexibility index (Phi) is 6.73. The van der Waals surface area contributed by atoms with E-state index in [1.165, 1.54) is 29.3 Å². The molecule has 0 atom stereocenters. The number of nitrogens with zero attached hydrogens (tertiary/aromatic N) is 7. The Morgan fingerprint density at radius 3 is 2.43 bits per heavy atom. The van der Waals surface area contributed by atoms with Crippen LogP contribution >= 0.6 is 0 Å². The Labute approximate surface area is 218 Å². The highest BCUT2D eigenvalue weighted by Crippen LogP contribution is 2.25. The van der Waals surface area contributed by atoms with Crippen LogP contribution in [0, 0.1) is 0 Å². The summed E-state index contributed by atoms with van der Waals surface area (Å²) >= 11 is 0. The minimum Gasteiger partial charge on any atom is -0.356 e. The summed E-state index contributed by atoms with van der Waals surface area (Å²) in [4.78, 5) is 16.8. The molecule has 8 heteroatoms. The highest BCUT2D eigenvalue weighted by atomic mass is 15.4. The number of fused-ring (bicyclic) bond motifs is 1. The number of anilines is 3. The van der Waals surface area contributed by atoms with Crippen molar-refractivity contribution in [2.24, 2.45) is 5.10 Å². The highest BCUT2D eigenvalue weighted by Gasteiger charge is 2.21. The Hall–Kier alpha value is -3.91. The lowest BCUT2D eigenvalue weighted by Crippen LogP contribution is -2.45. The molecule has 0 aliphatic carbocycles. The molecular formula is C29H34N8. The lowest BCUT2D eigenvalue weighted by atomic mass is 10.2. The maximum atomic E-state index is 4.94. The van der Waals surface area contributed by atoms with Gasteiger partial charge in [-0.1, -0.05) is 48.5 Å². The summed E-state index contributed by atoms with van der Waals surface area (Å²) in [6, 6.07) is 21.1. The summed E-state index contributed by atoms with van der Waals surface area (Å²) in [6.45, 7) is 6.82. The van der Waals surface area contributed by atoms with Crippen LogP contribution in [0.1, 0.15) is 24.0 Å². The molecule has 0 radical (unpaired) electrons. The first kappa shape index (κ1) is 23.5. The van der Waals surface area contributed by atoms with Crippen molar-refractivity contribution in [2.45, 2.75) is 19.4 Å². The molecular weight excluding hydrogens is 460 g/mol. The Morgan fingerprint density at radius 2 is 1.62 bits per heavy atom. The summed E-state index contributed by atoms with van der Waals surface area (Å²) < 4.78 is 2.29. The Balaban J connectivity index is 1.25. The normalized spacial score (nSPS) is 16.8. The monoisotopic (exact) mass is 494 g/mol. The largest absolute Gasteiger partial charge is 0.356 e. The summed E-state index contributed by atoms with van der Waals surface area (Å²) in [5.41, 5.74) is 6.76. The van der Waals surface area contributed by atoms with E-state index in [0.717, 1.165) is 69.0 Å². The van der Waals surface area contributed by atoms with Gasteiger partial charge in [0, 0.05) is 74.5 Å². The molecule has 0 saturated carbocycles. The van der Waals surface area contributed by atoms with Crippen molar-refractivity contribution in [3.63, 3.8) is 0 Å². The number of hydrogen-bond donors (Lipinski definition) is 1. The van der Waals surface area contributed by atoms with Crippen LogP contribution in [0.5, 0.6) is 0 Å². The first-order chi connectivity index (χ1) is 18.2. The second-order valence-corrected chi connectivity index (χ2v) is 9.98. The van der Waals surface area contributed by atoms with Gasteiger partial charge in [-0.3, -0.25) is 5.43 Å². The third kappa shape index (κ3) is 5.29. The van der Waals surface area contributed by atoms with E-state index in [2.05, 4.69) is 97.6 Å². The van der Waals surface area contributed by atoms with Gasteiger partial charge in [0.1, 0.15) is 5.82 Å². The molecule has 2 aliphatic rings. The van der Waals surface area contributed by atoms with E-state index in [4.69, 9.17) is 9.97 Å². The van der Waals surface area contributed by atoms with Crippen molar-refractivity contribution < 1.29 is 0 Å². The molecule has 2 aromatic carbocycles. The summed E-state index contributed by atoms with van der Waals surface area (Å²) in [5, 5.41) is 5.81. The SMILES string of the molecule is CN1CCN(c2nc(N/N=C/c3cn(Cc4ccccc4)c4ccccc34)cc(N3CCCC3)n2)CC1. The van der Waals surface area contributed by atoms with Gasteiger partial charge in [-0.2, -0.15) is 15.1 Å². The number of hydrogen-bond acceptors (Lipinski definition) is 7. The van der Waals surface area contributed by atoms with E-state index < -0.39 is 0 Å². The number of para-hydroxylation sites is 1. The Bertz CT molecular complexity index is 1370. The summed E-state index contributed by atoms with van der Waals surface area (Å²) in [6.07, 6.45) is 6.49. The third-order valence-electron chi connectivity index (χ3n) is 7.31. The van der Waals surface area contributed by atoms with Crippen LogP contribution < -0.4 is 15.2 Å². The van der Waals surface area contributed by atoms with Crippen LogP contribution in [0.2, 0.25) is 0 Å². The van der Waals surface area contributed by atoms with Crippen molar-refractivity contribution >= 4 is 34.7 Å². The minimum atomic E-state index is 0.732. The smallest absolute Gasteiger partial charge is 0.229 e. The zero-order valence-electron chi connectivity index (χ0n) is 21.4. The van der Waals surface area contributed by atoms with E-state index in [-0.39, 0.29) is 0 Å². The molecule has 0 unspecified atom stereocenters. The first-order valence-electron chi connectivity index (χ1n) is 13.2. The van der Waals surface area contributed by atoms with E-state index in [1.54, 1.807) is 0 Å². The van der Waals surface area contributed by atoms with Crippen LogP contribution in [-0.4, -0.2) is 72.0 Å². The second kappa shape index (κ2) is 10.6. The van der Waals surface area contributed by atoms with Gasteiger partial charge in [-0.05, 0) is 31.5 Å². The number of benzene rings is 2. The second-order valence-electron chi connectivity index (χ2n) is 9.98. The highest BCUT2D eigenvalue weighted by molar-refractivity contribution is 5.99. The molecule has 8 nitrogen and oxygen atoms in total. The maximum Gasteiger partial charge on any atom is 0.229 e. The number of hydrazone groups is 1. The van der Waals surface area contributed by atoms with E-state index in [0.29, 0.717) is 0 Å². The van der Waals surface area contributed by atoms with Crippen molar-refractivity contribution in [1.82, 2.24) is 19.4 Å². The van der Waals surface area contributed by atoms with Gasteiger partial charge in [0.2, 0.25) is 5.95 Å². The van der Waals surface area contributed by atoms with Gasteiger partial charge in [0.25, 0.3) is 0 Å². The van der Waals surface area contributed by atoms with Crippen molar-refractivity contribution in [3.8, 4) is 0 Å². The number of nitrogens with one attached hydrogen (secondary N) is 1. The maximum absolute atomic E-state index is 4.94. The molecule has 0 spiro atoms. The van der Waals surface area contributed by atoms with Crippen molar-refractivity contribution in [3.05, 3.63) is 78.0 Å². The zero-order chi connectivity index (χ0) is 25.0. The van der Waals surface area contributed by atoms with Gasteiger partial charge >= 0.3 is 0 Å². The average molecular weight is 495 g/mol. The topological polar surface area (TPSA) is 64.8 Å². The Morgan fingerprint density at radius 1 is 0.865 bits per heavy atom. The van der Waals surface area contributed by atoms with E-state index in [9.17, 15) is 0 Å². The van der Waals surface area contributed by atoms with E-state index >= 15 is 0 Å². The summed E-state index contributed by atoms with van der Waals surface area (Å²) in [5.74, 6) is 2.50. The summed E-state index contributed by atoms with van der Waals surface area (Å²) in [7, 11) is 2.16. The van der Waals surface area contributed by atoms with Gasteiger partial charge in [0.15, 0.2) is 5.82 Å². The standard InChI is InChI=1S/C29H34N8/c1-34-15-17-36(18-16-34)29-31-27(19-28(32-29)35-13-7-8-14-35)33-30-20-24-22-37(21-23-9-3-2-4-10-23)26-12-6-5-11-25(24)26/h2-6,9-12,19-20,22H,7-8,13-18,21H2,1H3,(H,31,32,33)/b30-20+. The first-order valence-corrected chi connectivity index (χ1v) is 13.2. The number of aromatic nitrogens is 3. The molecule has 190 valence electrons. The third-order valence-corrected chi connectivity index (χ3v) is 7.31. The fourth-order valence-electron chi connectivity index (χ4n) is 5.19. The predicted molar refractivity (Wildman–Crippen MR) is 152 cm³/mol. The molecule has 6 rings (SSSR count). The molecule has 2 fully saturated rings. The van der Waals surface area contributed by atoms with Crippen LogP contribution in [-0.2, 0) is 6.54 Å². The number of rotatable bonds is 7. The zero-order valence-corrected chi connectivity index (χ0v) is 21.4. The molecule has 2 saturated heterocycles. The predicted octanol–water partition coefficient (Wildman–Crippen LogP) is 4.28. The lowest BCUT2D eigenvalue weighted by Gasteiger charge is -2.33. The molecule has 0 amide bonds. The molecule has 0 bridgehead atoms. The van der Waals surface area contributed by atoms with Gasteiger partial charge in [0.05, 0.1) is 6.21 Å². The number of likely N-dealkylation sites (N-methyl/N-ethyl adjacent to an activating group) is 1. The van der Waals surface area contributed by atoms with Gasteiger partial charge in [-0.25, -0.2) is 0 Å². The van der Waals surface area contributed by atoms with Crippen molar-refractivity contribution in [2.75, 3.05) is 61.5 Å². The molecule has 4 aromatic rings. The fraction of sp³-hybridized carbons (Fsp3) is 0.345. The molecule has 2 aromatic heterocycles. The van der Waals surface area contributed by atoms with Crippen LogP contribution in [0.15, 0.2) is 72.0 Å². The van der Waals surface area contributed by atoms with Crippen molar-refractivity contribution in [1.29, 1.82) is 0 Å². The average Bonchev–Trinajstić information content (AvgIpc) is 3.59. The van der Waals surface area contributed by atoms with Crippen LogP contribution in [0.3, 0.4) is 0 Å².